The lowest BCUT2D eigenvalue weighted by Crippen LogP contribution is -2.52. The Morgan fingerprint density at radius 2 is 1.58 bits per heavy atom. The number of benzene rings is 2. The lowest BCUT2D eigenvalue weighted by atomic mass is 10.1. The number of halogens is 3. The summed E-state index contributed by atoms with van der Waals surface area (Å²) in [6.45, 7) is 0.872. The van der Waals surface area contributed by atoms with Crippen molar-refractivity contribution < 1.29 is 26.3 Å². The van der Waals surface area contributed by atoms with Gasteiger partial charge in [0.25, 0.3) is 10.2 Å². The maximum atomic E-state index is 13.9. The highest BCUT2D eigenvalue weighted by Crippen LogP contribution is 2.31. The van der Waals surface area contributed by atoms with Crippen LogP contribution in [0.4, 0.5) is 18.9 Å². The van der Waals surface area contributed by atoms with Crippen molar-refractivity contribution in [3.63, 3.8) is 0 Å². The van der Waals surface area contributed by atoms with Crippen LogP contribution in [0, 0.1) is 17.5 Å². The Balaban J connectivity index is 1.49. The quantitative estimate of drug-likeness (QED) is 0.468. The van der Waals surface area contributed by atoms with E-state index in [-0.39, 0.29) is 43.4 Å². The van der Waals surface area contributed by atoms with Gasteiger partial charge in [0.05, 0.1) is 11.9 Å². The standard InChI is InChI=1S/C25H26F3N5O4S/c1-30(2)38(35,36)32-7-5-31(6-8-32)23-15-29-33(21-13-19(27)12-20(28)14-21)25(34)24(23)37-22-10-16-3-4-18(26)9-17(16)11-22/h3-4,9,12-15,22H,5-8,10-11H2,1-2H3. The van der Waals surface area contributed by atoms with Crippen molar-refractivity contribution in [2.75, 3.05) is 45.2 Å². The molecule has 13 heteroatoms. The molecule has 5 rings (SSSR count). The Morgan fingerprint density at radius 3 is 2.24 bits per heavy atom. The molecule has 1 atom stereocenters. The zero-order valence-corrected chi connectivity index (χ0v) is 21.6. The molecule has 1 saturated heterocycles. The maximum Gasteiger partial charge on any atom is 0.316 e. The van der Waals surface area contributed by atoms with Gasteiger partial charge in [-0.05, 0) is 35.4 Å². The van der Waals surface area contributed by atoms with Gasteiger partial charge in [0.15, 0.2) is 0 Å². The third kappa shape index (κ3) is 5.00. The van der Waals surface area contributed by atoms with Crippen molar-refractivity contribution in [1.29, 1.82) is 0 Å². The minimum atomic E-state index is -3.60. The molecule has 0 saturated carbocycles. The van der Waals surface area contributed by atoms with E-state index < -0.39 is 33.5 Å². The van der Waals surface area contributed by atoms with Gasteiger partial charge in [-0.25, -0.2) is 13.2 Å². The fourth-order valence-electron chi connectivity index (χ4n) is 4.80. The molecule has 3 aromatic rings. The normalized spacial score (nSPS) is 18.2. The highest BCUT2D eigenvalue weighted by Gasteiger charge is 2.32. The monoisotopic (exact) mass is 549 g/mol. The third-order valence-electron chi connectivity index (χ3n) is 6.72. The molecule has 0 radical (unpaired) electrons. The van der Waals surface area contributed by atoms with Crippen molar-refractivity contribution in [3.8, 4) is 11.4 Å². The molecule has 2 aromatic carbocycles. The molecule has 0 bridgehead atoms. The molecule has 2 aliphatic rings. The van der Waals surface area contributed by atoms with Gasteiger partial charge in [0.1, 0.15) is 29.2 Å². The Labute approximate surface area is 217 Å². The maximum absolute atomic E-state index is 13.9. The van der Waals surface area contributed by atoms with E-state index in [0.717, 1.165) is 32.2 Å². The SMILES string of the molecule is CN(C)S(=O)(=O)N1CCN(c2cnn(-c3cc(F)cc(F)c3)c(=O)c2OC2Cc3ccc(F)cc3C2)CC1. The minimum Gasteiger partial charge on any atom is -0.482 e. The molecular weight excluding hydrogens is 523 g/mol. The number of nitrogens with zero attached hydrogens (tertiary/aromatic N) is 5. The predicted octanol–water partition coefficient (Wildman–Crippen LogP) is 2.12. The van der Waals surface area contributed by atoms with Crippen LogP contribution in [0.3, 0.4) is 0 Å². The number of piperazine rings is 1. The summed E-state index contributed by atoms with van der Waals surface area (Å²) in [6.07, 6.45) is 1.71. The van der Waals surface area contributed by atoms with Crippen LogP contribution in [-0.2, 0) is 23.1 Å². The van der Waals surface area contributed by atoms with Gasteiger partial charge < -0.3 is 9.64 Å². The van der Waals surface area contributed by atoms with Crippen molar-refractivity contribution in [2.24, 2.45) is 0 Å². The average Bonchev–Trinajstić information content (AvgIpc) is 3.26. The van der Waals surface area contributed by atoms with Crippen LogP contribution in [-0.4, -0.2) is 73.2 Å². The lowest BCUT2D eigenvalue weighted by Gasteiger charge is -2.36. The number of hydrogen-bond donors (Lipinski definition) is 0. The van der Waals surface area contributed by atoms with Crippen LogP contribution in [0.1, 0.15) is 11.1 Å². The molecule has 0 amide bonds. The van der Waals surface area contributed by atoms with E-state index in [1.54, 1.807) is 11.0 Å². The Hall–Kier alpha value is -3.42. The Bertz CT molecular complexity index is 1520. The highest BCUT2D eigenvalue weighted by molar-refractivity contribution is 7.86. The summed E-state index contributed by atoms with van der Waals surface area (Å²) in [5.74, 6) is -2.18. The topological polar surface area (TPSA) is 88.0 Å². The van der Waals surface area contributed by atoms with E-state index in [1.807, 2.05) is 0 Å². The van der Waals surface area contributed by atoms with Gasteiger partial charge in [-0.15, -0.1) is 0 Å². The summed E-state index contributed by atoms with van der Waals surface area (Å²) in [4.78, 5) is 15.4. The van der Waals surface area contributed by atoms with E-state index in [4.69, 9.17) is 4.74 Å². The van der Waals surface area contributed by atoms with Crippen LogP contribution in [0.15, 0.2) is 47.4 Å². The van der Waals surface area contributed by atoms with E-state index in [2.05, 4.69) is 5.10 Å². The molecule has 0 spiro atoms. The zero-order valence-electron chi connectivity index (χ0n) is 20.8. The van der Waals surface area contributed by atoms with Crippen molar-refractivity contribution >= 4 is 15.9 Å². The van der Waals surface area contributed by atoms with Crippen LogP contribution >= 0.6 is 0 Å². The number of hydrogen-bond acceptors (Lipinski definition) is 6. The van der Waals surface area contributed by atoms with Gasteiger partial charge in [-0.3, -0.25) is 4.79 Å². The summed E-state index contributed by atoms with van der Waals surface area (Å²) >= 11 is 0. The summed E-state index contributed by atoms with van der Waals surface area (Å²) in [5, 5.41) is 4.15. The number of ether oxygens (including phenoxy) is 1. The molecule has 2 heterocycles. The molecule has 38 heavy (non-hydrogen) atoms. The second kappa shape index (κ2) is 10.0. The van der Waals surface area contributed by atoms with E-state index in [1.165, 1.54) is 36.7 Å². The predicted molar refractivity (Wildman–Crippen MR) is 134 cm³/mol. The number of anilines is 1. The molecule has 0 N–H and O–H groups in total. The number of fused-ring (bicyclic) bond motifs is 1. The van der Waals surface area contributed by atoms with Gasteiger partial charge in [0.2, 0.25) is 5.75 Å². The van der Waals surface area contributed by atoms with Crippen LogP contribution < -0.4 is 15.2 Å². The minimum absolute atomic E-state index is 0.0770. The molecule has 1 aliphatic heterocycles. The molecule has 1 aliphatic carbocycles. The first-order chi connectivity index (χ1) is 18.0. The molecule has 202 valence electrons. The largest absolute Gasteiger partial charge is 0.482 e. The first-order valence-corrected chi connectivity index (χ1v) is 13.4. The smallest absolute Gasteiger partial charge is 0.316 e. The summed E-state index contributed by atoms with van der Waals surface area (Å²) < 4.78 is 76.1. The molecular formula is C25H26F3N5O4S. The van der Waals surface area contributed by atoms with Crippen molar-refractivity contribution in [3.05, 3.63) is 81.5 Å². The van der Waals surface area contributed by atoms with E-state index in [0.29, 0.717) is 24.6 Å². The van der Waals surface area contributed by atoms with Gasteiger partial charge >= 0.3 is 5.56 Å². The summed E-state index contributed by atoms with van der Waals surface area (Å²) in [6, 6.07) is 7.15. The fraction of sp³-hybridized carbons (Fsp3) is 0.360. The van der Waals surface area contributed by atoms with Crippen molar-refractivity contribution in [2.45, 2.75) is 18.9 Å². The Kier molecular flexibility index (Phi) is 6.92. The zero-order chi connectivity index (χ0) is 27.2. The summed E-state index contributed by atoms with van der Waals surface area (Å²) in [5.41, 5.74) is 1.19. The molecule has 1 unspecified atom stereocenters. The van der Waals surface area contributed by atoms with E-state index >= 15 is 0 Å². The number of rotatable bonds is 6. The molecule has 1 aromatic heterocycles. The van der Waals surface area contributed by atoms with Crippen molar-refractivity contribution in [1.82, 2.24) is 18.4 Å². The first kappa shape index (κ1) is 26.2. The van der Waals surface area contributed by atoms with Gasteiger partial charge in [-0.1, -0.05) is 6.07 Å². The van der Waals surface area contributed by atoms with Crippen LogP contribution in [0.5, 0.6) is 5.75 Å². The van der Waals surface area contributed by atoms with Gasteiger partial charge in [-0.2, -0.15) is 26.8 Å². The molecule has 9 nitrogen and oxygen atoms in total. The lowest BCUT2D eigenvalue weighted by molar-refractivity contribution is 0.209. The van der Waals surface area contributed by atoms with Crippen LogP contribution in [0.2, 0.25) is 0 Å². The second-order valence-corrected chi connectivity index (χ2v) is 11.6. The van der Waals surface area contributed by atoms with Crippen LogP contribution in [0.25, 0.3) is 5.69 Å². The van der Waals surface area contributed by atoms with Gasteiger partial charge in [0, 0.05) is 59.2 Å². The Morgan fingerprint density at radius 1 is 0.921 bits per heavy atom. The summed E-state index contributed by atoms with van der Waals surface area (Å²) in [7, 11) is -0.689. The van der Waals surface area contributed by atoms with E-state index in [9.17, 15) is 26.4 Å². The average molecular weight is 550 g/mol. The fourth-order valence-corrected chi connectivity index (χ4v) is 5.88. The number of aromatic nitrogens is 2. The second-order valence-electron chi connectivity index (χ2n) is 9.44. The molecule has 1 fully saturated rings. The third-order valence-corrected chi connectivity index (χ3v) is 8.66. The first-order valence-electron chi connectivity index (χ1n) is 12.0. The highest BCUT2D eigenvalue weighted by atomic mass is 32.2.